The summed E-state index contributed by atoms with van der Waals surface area (Å²) >= 11 is 1.74. The molecule has 1 N–H and O–H groups in total. The Balaban J connectivity index is 1.68. The Hall–Kier alpha value is -1.52. The molecular formula is C15H15NO2S. The Bertz CT molecular complexity index is 547. The Morgan fingerprint density at radius 1 is 1.26 bits per heavy atom. The predicted octanol–water partition coefficient (Wildman–Crippen LogP) is 2.54. The van der Waals surface area contributed by atoms with Gasteiger partial charge in [0.05, 0.1) is 6.10 Å². The molecule has 1 aromatic heterocycles. The van der Waals surface area contributed by atoms with Gasteiger partial charge in [-0.05, 0) is 29.8 Å². The molecule has 2 aromatic rings. The number of fused-ring (bicyclic) bond motifs is 1. The lowest BCUT2D eigenvalue weighted by Crippen LogP contribution is -2.37. The van der Waals surface area contributed by atoms with Gasteiger partial charge >= 0.3 is 0 Å². The average molecular weight is 273 g/mol. The van der Waals surface area contributed by atoms with E-state index < -0.39 is 6.10 Å². The van der Waals surface area contributed by atoms with Crippen LogP contribution < -0.4 is 4.74 Å². The molecular weight excluding hydrogens is 258 g/mol. The summed E-state index contributed by atoms with van der Waals surface area (Å²) in [5.74, 6) is 1.65. The molecule has 3 nitrogen and oxygen atoms in total. The highest BCUT2D eigenvalue weighted by molar-refractivity contribution is 7.99. The highest BCUT2D eigenvalue weighted by Crippen LogP contribution is 2.35. The van der Waals surface area contributed by atoms with Crippen LogP contribution >= 0.6 is 11.8 Å². The Labute approximate surface area is 116 Å². The number of aliphatic hydroxyl groups excluding tert-OH is 1. The molecule has 4 heteroatoms. The molecule has 0 saturated carbocycles. The normalized spacial score (nSPS) is 19.3. The predicted molar refractivity (Wildman–Crippen MR) is 75.5 cm³/mol. The van der Waals surface area contributed by atoms with Crippen LogP contribution in [0.1, 0.15) is 5.56 Å². The summed E-state index contributed by atoms with van der Waals surface area (Å²) < 4.78 is 5.88. The third-order valence-electron chi connectivity index (χ3n) is 3.15. The zero-order valence-electron chi connectivity index (χ0n) is 10.4. The SMILES string of the molecule is OC(Cc1ccncc1)C1CSc2ccccc2O1. The van der Waals surface area contributed by atoms with Crippen LogP contribution in [0.15, 0.2) is 53.7 Å². The second-order valence-corrected chi connectivity index (χ2v) is 5.60. The summed E-state index contributed by atoms with van der Waals surface area (Å²) in [7, 11) is 0. The molecule has 1 aliphatic heterocycles. The van der Waals surface area contributed by atoms with Crippen LogP contribution in [-0.4, -0.2) is 28.1 Å². The molecule has 0 saturated heterocycles. The van der Waals surface area contributed by atoms with Crippen LogP contribution in [0.3, 0.4) is 0 Å². The van der Waals surface area contributed by atoms with Crippen molar-refractivity contribution in [2.75, 3.05) is 5.75 Å². The fourth-order valence-electron chi connectivity index (χ4n) is 2.12. The summed E-state index contributed by atoms with van der Waals surface area (Å²) in [5.41, 5.74) is 1.08. The molecule has 0 aliphatic carbocycles. The Morgan fingerprint density at radius 3 is 2.89 bits per heavy atom. The van der Waals surface area contributed by atoms with Gasteiger partial charge in [-0.1, -0.05) is 12.1 Å². The first-order valence-corrected chi connectivity index (χ1v) is 7.27. The van der Waals surface area contributed by atoms with Crippen molar-refractivity contribution in [1.82, 2.24) is 4.98 Å². The number of aromatic nitrogens is 1. The molecule has 0 fully saturated rings. The molecule has 0 radical (unpaired) electrons. The van der Waals surface area contributed by atoms with E-state index in [0.29, 0.717) is 6.42 Å². The van der Waals surface area contributed by atoms with Gasteiger partial charge in [0.25, 0.3) is 0 Å². The second-order valence-electron chi connectivity index (χ2n) is 4.54. The smallest absolute Gasteiger partial charge is 0.134 e. The highest BCUT2D eigenvalue weighted by Gasteiger charge is 2.26. The number of benzene rings is 1. The van der Waals surface area contributed by atoms with E-state index in [0.717, 1.165) is 22.0 Å². The standard InChI is InChI=1S/C15H15NO2S/c17-12(9-11-5-7-16-8-6-11)14-10-19-15-4-2-1-3-13(15)18-14/h1-8,12,14,17H,9-10H2. The van der Waals surface area contributed by atoms with Gasteiger partial charge in [-0.15, -0.1) is 11.8 Å². The number of aliphatic hydroxyl groups is 1. The number of para-hydroxylation sites is 1. The maximum Gasteiger partial charge on any atom is 0.134 e. The van der Waals surface area contributed by atoms with Crippen LogP contribution in [0, 0.1) is 0 Å². The van der Waals surface area contributed by atoms with Crippen molar-refractivity contribution < 1.29 is 9.84 Å². The van der Waals surface area contributed by atoms with Crippen LogP contribution in [-0.2, 0) is 6.42 Å². The molecule has 2 heterocycles. The van der Waals surface area contributed by atoms with E-state index in [1.54, 1.807) is 24.2 Å². The van der Waals surface area contributed by atoms with Crippen LogP contribution in [0.4, 0.5) is 0 Å². The first-order valence-electron chi connectivity index (χ1n) is 6.28. The molecule has 2 atom stereocenters. The minimum absolute atomic E-state index is 0.159. The first kappa shape index (κ1) is 12.5. The quantitative estimate of drug-likeness (QED) is 0.933. The minimum Gasteiger partial charge on any atom is -0.486 e. The summed E-state index contributed by atoms with van der Waals surface area (Å²) in [4.78, 5) is 5.13. The lowest BCUT2D eigenvalue weighted by molar-refractivity contribution is 0.0468. The largest absolute Gasteiger partial charge is 0.486 e. The molecule has 2 unspecified atom stereocenters. The number of ether oxygens (including phenoxy) is 1. The number of pyridine rings is 1. The number of hydrogen-bond acceptors (Lipinski definition) is 4. The van der Waals surface area contributed by atoms with Gasteiger partial charge in [0.2, 0.25) is 0 Å². The van der Waals surface area contributed by atoms with Crippen molar-refractivity contribution in [3.8, 4) is 5.75 Å². The van der Waals surface area contributed by atoms with Gasteiger partial charge in [-0.2, -0.15) is 0 Å². The monoisotopic (exact) mass is 273 g/mol. The lowest BCUT2D eigenvalue weighted by atomic mass is 10.1. The maximum atomic E-state index is 10.3. The summed E-state index contributed by atoms with van der Waals surface area (Å²) in [6, 6.07) is 11.8. The van der Waals surface area contributed by atoms with E-state index in [1.165, 1.54) is 0 Å². The number of thioether (sulfide) groups is 1. The van der Waals surface area contributed by atoms with Crippen molar-refractivity contribution in [2.45, 2.75) is 23.5 Å². The van der Waals surface area contributed by atoms with Gasteiger partial charge in [0, 0.05) is 29.5 Å². The van der Waals surface area contributed by atoms with E-state index in [4.69, 9.17) is 4.74 Å². The van der Waals surface area contributed by atoms with Gasteiger partial charge in [0.15, 0.2) is 0 Å². The Kier molecular flexibility index (Phi) is 3.71. The minimum atomic E-state index is -0.497. The van der Waals surface area contributed by atoms with Crippen LogP contribution in [0.2, 0.25) is 0 Å². The fourth-order valence-corrected chi connectivity index (χ4v) is 3.18. The summed E-state index contributed by atoms with van der Waals surface area (Å²) in [6.45, 7) is 0. The molecule has 3 rings (SSSR count). The highest BCUT2D eigenvalue weighted by atomic mass is 32.2. The van der Waals surface area contributed by atoms with E-state index in [2.05, 4.69) is 4.98 Å². The number of hydrogen-bond donors (Lipinski definition) is 1. The van der Waals surface area contributed by atoms with Crippen LogP contribution in [0.25, 0.3) is 0 Å². The summed E-state index contributed by atoms with van der Waals surface area (Å²) in [5, 5.41) is 10.3. The molecule has 1 aliphatic rings. The number of rotatable bonds is 3. The van der Waals surface area contributed by atoms with Gasteiger partial charge < -0.3 is 9.84 Å². The molecule has 98 valence electrons. The van der Waals surface area contributed by atoms with Gasteiger partial charge in [-0.25, -0.2) is 0 Å². The second kappa shape index (κ2) is 5.63. The first-order chi connectivity index (χ1) is 9.33. The molecule has 0 bridgehead atoms. The summed E-state index contributed by atoms with van der Waals surface area (Å²) in [6.07, 6.45) is 3.42. The zero-order valence-corrected chi connectivity index (χ0v) is 11.2. The van der Waals surface area contributed by atoms with Crippen molar-refractivity contribution in [2.24, 2.45) is 0 Å². The topological polar surface area (TPSA) is 42.4 Å². The van der Waals surface area contributed by atoms with Crippen molar-refractivity contribution in [3.05, 3.63) is 54.4 Å². The van der Waals surface area contributed by atoms with Crippen molar-refractivity contribution in [3.63, 3.8) is 0 Å². The van der Waals surface area contributed by atoms with Crippen molar-refractivity contribution >= 4 is 11.8 Å². The van der Waals surface area contributed by atoms with Gasteiger partial charge in [-0.3, -0.25) is 4.98 Å². The van der Waals surface area contributed by atoms with E-state index in [-0.39, 0.29) is 6.10 Å². The van der Waals surface area contributed by atoms with Crippen molar-refractivity contribution in [1.29, 1.82) is 0 Å². The number of nitrogens with zero attached hydrogens (tertiary/aromatic N) is 1. The molecule has 0 amide bonds. The lowest BCUT2D eigenvalue weighted by Gasteiger charge is -2.29. The molecule has 1 aromatic carbocycles. The molecule has 19 heavy (non-hydrogen) atoms. The average Bonchev–Trinajstić information content (AvgIpc) is 2.48. The van der Waals surface area contributed by atoms with E-state index in [9.17, 15) is 5.11 Å². The third kappa shape index (κ3) is 2.91. The fraction of sp³-hybridized carbons (Fsp3) is 0.267. The maximum absolute atomic E-state index is 10.3. The Morgan fingerprint density at radius 2 is 2.05 bits per heavy atom. The zero-order chi connectivity index (χ0) is 13.1. The van der Waals surface area contributed by atoms with Crippen LogP contribution in [0.5, 0.6) is 5.75 Å². The van der Waals surface area contributed by atoms with E-state index in [1.807, 2.05) is 36.4 Å². The van der Waals surface area contributed by atoms with Gasteiger partial charge in [0.1, 0.15) is 11.9 Å². The molecule has 0 spiro atoms. The van der Waals surface area contributed by atoms with E-state index >= 15 is 0 Å². The third-order valence-corrected chi connectivity index (χ3v) is 4.30.